The van der Waals surface area contributed by atoms with Gasteiger partial charge in [0.05, 0.1) is 0 Å². The summed E-state index contributed by atoms with van der Waals surface area (Å²) < 4.78 is 0. The summed E-state index contributed by atoms with van der Waals surface area (Å²) in [7, 11) is 0. The summed E-state index contributed by atoms with van der Waals surface area (Å²) >= 11 is 0. The van der Waals surface area contributed by atoms with E-state index in [2.05, 4.69) is 12.0 Å². The van der Waals surface area contributed by atoms with E-state index in [0.29, 0.717) is 6.42 Å². The van der Waals surface area contributed by atoms with Crippen LogP contribution in [0.5, 0.6) is 0 Å². The lowest BCUT2D eigenvalue weighted by Gasteiger charge is -2.11. The van der Waals surface area contributed by atoms with Gasteiger partial charge in [0, 0.05) is 6.04 Å². The van der Waals surface area contributed by atoms with Gasteiger partial charge in [0.15, 0.2) is 0 Å². The molecule has 0 fully saturated rings. The van der Waals surface area contributed by atoms with E-state index in [1.54, 1.807) is 6.92 Å². The van der Waals surface area contributed by atoms with Gasteiger partial charge in [-0.05, 0) is 19.3 Å². The summed E-state index contributed by atoms with van der Waals surface area (Å²) in [6.07, 6.45) is -0.759. The minimum Gasteiger partial charge on any atom is -0.464 e. The fourth-order valence-corrected chi connectivity index (χ4v) is 0.308. The van der Waals surface area contributed by atoms with Crippen LogP contribution in [0.2, 0.25) is 0 Å². The maximum absolute atomic E-state index is 9.88. The van der Waals surface area contributed by atoms with E-state index in [-0.39, 0.29) is 0 Å². The molecule has 0 aliphatic rings. The van der Waals surface area contributed by atoms with E-state index >= 15 is 0 Å². The quantitative estimate of drug-likeness (QED) is 0.380. The van der Waals surface area contributed by atoms with Crippen LogP contribution in [-0.4, -0.2) is 21.9 Å². The summed E-state index contributed by atoms with van der Waals surface area (Å²) in [5.74, 6) is 2.35. The number of nitrogens with one attached hydrogen (secondary N) is 1. The molecule has 1 unspecified atom stereocenters. The first-order valence-corrected chi connectivity index (χ1v) is 3.21. The molecule has 0 spiro atoms. The molecule has 0 aliphatic heterocycles. The van der Waals surface area contributed by atoms with Crippen molar-refractivity contribution in [3.63, 3.8) is 0 Å². The van der Waals surface area contributed by atoms with E-state index in [4.69, 9.17) is 5.11 Å². The molecule has 0 aromatic rings. The van der Waals surface area contributed by atoms with Crippen LogP contribution in [-0.2, 0) is 0 Å². The van der Waals surface area contributed by atoms with Crippen molar-refractivity contribution in [3.05, 3.63) is 0 Å². The number of rotatable bonds is 1. The Kier molecular flexibility index (Phi) is 3.42. The molecule has 1 amide bonds. The molecule has 0 heterocycles. The Labute approximate surface area is 65.2 Å². The van der Waals surface area contributed by atoms with Crippen LogP contribution < -0.4 is 5.32 Å². The third-order valence-electron chi connectivity index (χ3n) is 1.19. The molecule has 0 aliphatic carbocycles. The summed E-state index contributed by atoms with van der Waals surface area (Å²) in [6.45, 7) is 3.28. The van der Waals surface area contributed by atoms with Crippen LogP contribution in [0.4, 0.5) is 4.79 Å². The van der Waals surface area contributed by atoms with Gasteiger partial charge < -0.3 is 10.2 Å². The molecule has 1 atom stereocenters. The average Bonchev–Trinajstić information content (AvgIpc) is 1.87. The molecule has 0 saturated carbocycles. The first kappa shape index (κ1) is 9.79. The molecule has 4 heteroatoms. The summed E-state index contributed by atoms with van der Waals surface area (Å²) in [5.41, 5.74) is -1.11. The Morgan fingerprint density at radius 1 is 1.73 bits per heavy atom. The van der Waals surface area contributed by atoms with Gasteiger partial charge in [-0.15, -0.1) is 0 Å². The second kappa shape index (κ2) is 3.84. The van der Waals surface area contributed by atoms with E-state index in [1.807, 2.05) is 5.32 Å². The summed E-state index contributed by atoms with van der Waals surface area (Å²) in [6, 6.07) is 2.13. The van der Waals surface area contributed by atoms with E-state index in [9.17, 15) is 9.90 Å². The number of aliphatic hydroxyl groups is 1. The van der Waals surface area contributed by atoms with Crippen molar-refractivity contribution in [1.82, 2.24) is 5.32 Å². The smallest absolute Gasteiger partial charge is 0.416 e. The normalized spacial score (nSPS) is 14.1. The van der Waals surface area contributed by atoms with Crippen molar-refractivity contribution in [3.8, 4) is 12.0 Å². The van der Waals surface area contributed by atoms with Crippen LogP contribution in [0.15, 0.2) is 0 Å². The Balaban J connectivity index is 3.96. The fourth-order valence-electron chi connectivity index (χ4n) is 0.308. The molecule has 11 heavy (non-hydrogen) atoms. The monoisotopic (exact) mass is 157 g/mol. The minimum absolute atomic E-state index is 0.460. The SMILES string of the molecule is CCC(C)(O)C#CNC(=O)O. The standard InChI is InChI=1S/C7H11NO3/c1-3-7(2,11)4-5-8-6(9)10/h8,11H,3H2,1-2H3,(H,9,10). The van der Waals surface area contributed by atoms with E-state index in [1.165, 1.54) is 6.92 Å². The van der Waals surface area contributed by atoms with Crippen LogP contribution in [0, 0.1) is 12.0 Å². The molecule has 0 aromatic carbocycles. The second-order valence-electron chi connectivity index (χ2n) is 2.31. The lowest BCUT2D eigenvalue weighted by atomic mass is 10.1. The van der Waals surface area contributed by atoms with Gasteiger partial charge in [0.25, 0.3) is 0 Å². The van der Waals surface area contributed by atoms with E-state index in [0.717, 1.165) is 0 Å². The Morgan fingerprint density at radius 3 is 2.64 bits per heavy atom. The first-order valence-electron chi connectivity index (χ1n) is 3.21. The first-order chi connectivity index (χ1) is 4.98. The second-order valence-corrected chi connectivity index (χ2v) is 2.31. The van der Waals surface area contributed by atoms with Gasteiger partial charge in [0.2, 0.25) is 0 Å². The third-order valence-corrected chi connectivity index (χ3v) is 1.19. The van der Waals surface area contributed by atoms with Crippen molar-refractivity contribution in [1.29, 1.82) is 0 Å². The van der Waals surface area contributed by atoms with Gasteiger partial charge in [-0.25, -0.2) is 10.1 Å². The lowest BCUT2D eigenvalue weighted by Crippen LogP contribution is -2.22. The maximum atomic E-state index is 9.88. The molecule has 0 bridgehead atoms. The topological polar surface area (TPSA) is 69.6 Å². The molecule has 0 rings (SSSR count). The van der Waals surface area contributed by atoms with Crippen molar-refractivity contribution in [2.24, 2.45) is 0 Å². The predicted octanol–water partition coefficient (Wildman–Crippen LogP) is 0.376. The fraction of sp³-hybridized carbons (Fsp3) is 0.571. The Hall–Kier alpha value is -1.21. The molecule has 4 nitrogen and oxygen atoms in total. The maximum Gasteiger partial charge on any atom is 0.416 e. The minimum atomic E-state index is -1.22. The van der Waals surface area contributed by atoms with Gasteiger partial charge in [-0.3, -0.25) is 0 Å². The Morgan fingerprint density at radius 2 is 2.27 bits per heavy atom. The molecular weight excluding hydrogens is 146 g/mol. The number of amides is 1. The zero-order valence-electron chi connectivity index (χ0n) is 6.51. The van der Waals surface area contributed by atoms with Crippen molar-refractivity contribution < 1.29 is 15.0 Å². The van der Waals surface area contributed by atoms with Crippen molar-refractivity contribution >= 4 is 6.09 Å². The van der Waals surface area contributed by atoms with Crippen molar-refractivity contribution in [2.45, 2.75) is 25.9 Å². The Bertz CT molecular complexity index is 199. The van der Waals surface area contributed by atoms with Gasteiger partial charge in [-0.2, -0.15) is 0 Å². The van der Waals surface area contributed by atoms with Crippen LogP contribution >= 0.6 is 0 Å². The predicted molar refractivity (Wildman–Crippen MR) is 39.9 cm³/mol. The molecule has 0 radical (unpaired) electrons. The molecule has 0 aromatic heterocycles. The molecular formula is C7H11NO3. The molecule has 3 N–H and O–H groups in total. The lowest BCUT2D eigenvalue weighted by molar-refractivity contribution is 0.118. The van der Waals surface area contributed by atoms with Crippen LogP contribution in [0.25, 0.3) is 0 Å². The van der Waals surface area contributed by atoms with Crippen LogP contribution in [0.1, 0.15) is 20.3 Å². The molecule has 0 saturated heterocycles. The molecule has 62 valence electrons. The number of carboxylic acid groups (broad SMARTS) is 1. The van der Waals surface area contributed by atoms with Gasteiger partial charge >= 0.3 is 6.09 Å². The number of hydrogen-bond acceptors (Lipinski definition) is 2. The third kappa shape index (κ3) is 5.25. The number of carbonyl (C=O) groups is 1. The van der Waals surface area contributed by atoms with E-state index < -0.39 is 11.7 Å². The highest BCUT2D eigenvalue weighted by molar-refractivity contribution is 5.66. The van der Waals surface area contributed by atoms with Crippen LogP contribution in [0.3, 0.4) is 0 Å². The summed E-state index contributed by atoms with van der Waals surface area (Å²) in [4.78, 5) is 9.88. The highest BCUT2D eigenvalue weighted by Crippen LogP contribution is 2.04. The zero-order chi connectivity index (χ0) is 8.91. The largest absolute Gasteiger partial charge is 0.464 e. The highest BCUT2D eigenvalue weighted by Gasteiger charge is 2.12. The highest BCUT2D eigenvalue weighted by atomic mass is 16.4. The van der Waals surface area contributed by atoms with Gasteiger partial charge in [-0.1, -0.05) is 6.92 Å². The average molecular weight is 157 g/mol. The zero-order valence-corrected chi connectivity index (χ0v) is 6.51. The van der Waals surface area contributed by atoms with Crippen molar-refractivity contribution in [2.75, 3.05) is 0 Å². The summed E-state index contributed by atoms with van der Waals surface area (Å²) in [5, 5.41) is 19.1. The van der Waals surface area contributed by atoms with Gasteiger partial charge in [0.1, 0.15) is 5.60 Å². The number of hydrogen-bond donors (Lipinski definition) is 3.